The van der Waals surface area contributed by atoms with Crippen LogP contribution in [-0.2, 0) is 4.79 Å². The van der Waals surface area contributed by atoms with Crippen molar-refractivity contribution >= 4 is 21.9 Å². The molecule has 0 saturated carbocycles. The molecule has 2 rings (SSSR count). The Morgan fingerprint density at radius 3 is 2.60 bits per heavy atom. The number of methoxy groups -OCH3 is 2. The summed E-state index contributed by atoms with van der Waals surface area (Å²) in [6.45, 7) is 0.356. The highest BCUT2D eigenvalue weighted by Gasteiger charge is 2.33. The molecule has 1 saturated heterocycles. The summed E-state index contributed by atoms with van der Waals surface area (Å²) < 4.78 is 24.6. The molecule has 1 aromatic rings. The SMILES string of the molecule is COc1c(F)cc(C2CC(C(=O)O)CN2)c(OC)c1Br. The molecule has 2 atom stereocenters. The number of benzene rings is 1. The smallest absolute Gasteiger partial charge is 0.307 e. The van der Waals surface area contributed by atoms with Gasteiger partial charge in [-0.3, -0.25) is 4.79 Å². The number of carboxylic acid groups (broad SMARTS) is 1. The highest BCUT2D eigenvalue weighted by molar-refractivity contribution is 9.10. The summed E-state index contributed by atoms with van der Waals surface area (Å²) >= 11 is 3.26. The molecule has 1 aliphatic rings. The summed E-state index contributed by atoms with van der Waals surface area (Å²) in [5.41, 5.74) is 0.585. The Bertz CT molecular complexity index is 538. The maximum absolute atomic E-state index is 14.0. The van der Waals surface area contributed by atoms with E-state index in [2.05, 4.69) is 21.2 Å². The normalized spacial score (nSPS) is 21.8. The highest BCUT2D eigenvalue weighted by Crippen LogP contribution is 2.43. The van der Waals surface area contributed by atoms with Gasteiger partial charge in [0, 0.05) is 18.2 Å². The van der Waals surface area contributed by atoms with Gasteiger partial charge in [-0.1, -0.05) is 0 Å². The minimum atomic E-state index is -0.855. The quantitative estimate of drug-likeness (QED) is 0.874. The number of hydrogen-bond donors (Lipinski definition) is 2. The lowest BCUT2D eigenvalue weighted by Gasteiger charge is -2.18. The van der Waals surface area contributed by atoms with E-state index in [1.54, 1.807) is 0 Å². The van der Waals surface area contributed by atoms with E-state index in [0.29, 0.717) is 28.8 Å². The molecule has 0 spiro atoms. The largest absolute Gasteiger partial charge is 0.495 e. The second kappa shape index (κ2) is 5.97. The second-order valence-electron chi connectivity index (χ2n) is 4.56. The monoisotopic (exact) mass is 347 g/mol. The van der Waals surface area contributed by atoms with E-state index < -0.39 is 17.7 Å². The third kappa shape index (κ3) is 2.60. The van der Waals surface area contributed by atoms with Crippen molar-refractivity contribution in [3.05, 3.63) is 21.9 Å². The molecule has 0 aliphatic carbocycles. The van der Waals surface area contributed by atoms with Gasteiger partial charge in [0.1, 0.15) is 10.2 Å². The van der Waals surface area contributed by atoms with Crippen LogP contribution in [0.25, 0.3) is 0 Å². The molecule has 0 radical (unpaired) electrons. The number of rotatable bonds is 4. The molecule has 5 nitrogen and oxygen atoms in total. The van der Waals surface area contributed by atoms with E-state index >= 15 is 0 Å². The van der Waals surface area contributed by atoms with E-state index in [9.17, 15) is 9.18 Å². The molecule has 2 N–H and O–H groups in total. The van der Waals surface area contributed by atoms with E-state index in [-0.39, 0.29) is 11.8 Å². The van der Waals surface area contributed by atoms with Gasteiger partial charge in [-0.25, -0.2) is 4.39 Å². The van der Waals surface area contributed by atoms with E-state index in [0.717, 1.165) is 0 Å². The van der Waals surface area contributed by atoms with Crippen molar-refractivity contribution in [2.75, 3.05) is 20.8 Å². The number of ether oxygens (including phenoxy) is 2. The van der Waals surface area contributed by atoms with Gasteiger partial charge in [0.05, 0.1) is 20.1 Å². The molecule has 0 bridgehead atoms. The van der Waals surface area contributed by atoms with Gasteiger partial charge in [-0.15, -0.1) is 0 Å². The first kappa shape index (κ1) is 15.1. The van der Waals surface area contributed by atoms with Gasteiger partial charge in [-0.2, -0.15) is 0 Å². The van der Waals surface area contributed by atoms with Crippen molar-refractivity contribution in [3.8, 4) is 11.5 Å². The van der Waals surface area contributed by atoms with Crippen LogP contribution in [0.4, 0.5) is 4.39 Å². The number of carbonyl (C=O) groups is 1. The molecule has 1 heterocycles. The topological polar surface area (TPSA) is 67.8 Å². The fraction of sp³-hybridized carbons (Fsp3) is 0.462. The van der Waals surface area contributed by atoms with Crippen LogP contribution >= 0.6 is 15.9 Å². The molecule has 1 fully saturated rings. The van der Waals surface area contributed by atoms with Crippen LogP contribution in [0.15, 0.2) is 10.5 Å². The minimum absolute atomic E-state index is 0.0679. The van der Waals surface area contributed by atoms with Crippen LogP contribution in [0.1, 0.15) is 18.0 Å². The fourth-order valence-electron chi connectivity index (χ4n) is 2.42. The zero-order valence-corrected chi connectivity index (χ0v) is 12.7. The third-order valence-electron chi connectivity index (χ3n) is 3.42. The zero-order valence-electron chi connectivity index (χ0n) is 11.1. The van der Waals surface area contributed by atoms with E-state index in [1.807, 2.05) is 0 Å². The van der Waals surface area contributed by atoms with Gasteiger partial charge in [-0.05, 0) is 28.4 Å². The molecular formula is C13H15BrFNO4. The molecule has 110 valence electrons. The second-order valence-corrected chi connectivity index (χ2v) is 5.35. The average molecular weight is 348 g/mol. The number of nitrogens with one attached hydrogen (secondary N) is 1. The number of carboxylic acids is 1. The fourth-order valence-corrected chi connectivity index (χ4v) is 3.16. The zero-order chi connectivity index (χ0) is 14.9. The Labute approximate surface area is 124 Å². The van der Waals surface area contributed by atoms with Crippen molar-refractivity contribution < 1.29 is 23.8 Å². The van der Waals surface area contributed by atoms with Gasteiger partial charge in [0.25, 0.3) is 0 Å². The maximum Gasteiger partial charge on any atom is 0.307 e. The first-order valence-electron chi connectivity index (χ1n) is 6.05. The molecular weight excluding hydrogens is 333 g/mol. The lowest BCUT2D eigenvalue weighted by molar-refractivity contribution is -0.141. The van der Waals surface area contributed by atoms with Crippen LogP contribution in [0.2, 0.25) is 0 Å². The van der Waals surface area contributed by atoms with Crippen LogP contribution < -0.4 is 14.8 Å². The highest BCUT2D eigenvalue weighted by atomic mass is 79.9. The van der Waals surface area contributed by atoms with Crippen LogP contribution in [0, 0.1) is 11.7 Å². The first-order chi connectivity index (χ1) is 9.49. The Kier molecular flexibility index (Phi) is 4.49. The third-order valence-corrected chi connectivity index (χ3v) is 4.14. The Hall–Kier alpha value is -1.34. The summed E-state index contributed by atoms with van der Waals surface area (Å²) in [7, 11) is 2.85. The first-order valence-corrected chi connectivity index (χ1v) is 6.85. The van der Waals surface area contributed by atoms with Crippen molar-refractivity contribution in [1.29, 1.82) is 0 Å². The summed E-state index contributed by atoms with van der Waals surface area (Å²) in [5, 5.41) is 12.1. The Balaban J connectivity index is 2.40. The number of halogens is 2. The van der Waals surface area contributed by atoms with Gasteiger partial charge < -0.3 is 19.9 Å². The molecule has 1 aromatic carbocycles. The standard InChI is InChI=1S/C13H15BrFNO4/c1-19-11-7(4-8(15)12(20-2)10(11)14)9-3-6(5-16-9)13(17)18/h4,6,9,16H,3,5H2,1-2H3,(H,17,18). The molecule has 0 aromatic heterocycles. The summed E-state index contributed by atoms with van der Waals surface area (Å²) in [6, 6.07) is 1.06. The van der Waals surface area contributed by atoms with Gasteiger partial charge in [0.15, 0.2) is 11.6 Å². The Morgan fingerprint density at radius 1 is 1.45 bits per heavy atom. The lowest BCUT2D eigenvalue weighted by Crippen LogP contribution is -2.17. The predicted octanol–water partition coefficient (Wildman–Crippen LogP) is 2.34. The lowest BCUT2D eigenvalue weighted by atomic mass is 9.99. The molecule has 2 unspecified atom stereocenters. The van der Waals surface area contributed by atoms with Crippen molar-refractivity contribution in [2.45, 2.75) is 12.5 Å². The van der Waals surface area contributed by atoms with Crippen LogP contribution in [0.5, 0.6) is 11.5 Å². The van der Waals surface area contributed by atoms with Crippen LogP contribution in [0.3, 0.4) is 0 Å². The van der Waals surface area contributed by atoms with Crippen molar-refractivity contribution in [1.82, 2.24) is 5.32 Å². The number of aliphatic carboxylic acids is 1. The van der Waals surface area contributed by atoms with Crippen LogP contribution in [-0.4, -0.2) is 31.8 Å². The maximum atomic E-state index is 14.0. The minimum Gasteiger partial charge on any atom is -0.495 e. The molecule has 20 heavy (non-hydrogen) atoms. The predicted molar refractivity (Wildman–Crippen MR) is 73.7 cm³/mol. The number of hydrogen-bond acceptors (Lipinski definition) is 4. The molecule has 1 aliphatic heterocycles. The van der Waals surface area contributed by atoms with Crippen molar-refractivity contribution in [3.63, 3.8) is 0 Å². The summed E-state index contributed by atoms with van der Waals surface area (Å²) in [4.78, 5) is 11.0. The average Bonchev–Trinajstić information content (AvgIpc) is 2.88. The van der Waals surface area contributed by atoms with Gasteiger partial charge in [0.2, 0.25) is 0 Å². The summed E-state index contributed by atoms with van der Waals surface area (Å²) in [5.74, 6) is -1.33. The van der Waals surface area contributed by atoms with E-state index in [4.69, 9.17) is 14.6 Å². The summed E-state index contributed by atoms with van der Waals surface area (Å²) in [6.07, 6.45) is 0.393. The molecule has 0 amide bonds. The Morgan fingerprint density at radius 2 is 2.10 bits per heavy atom. The molecule has 7 heteroatoms. The van der Waals surface area contributed by atoms with E-state index in [1.165, 1.54) is 20.3 Å². The van der Waals surface area contributed by atoms with Gasteiger partial charge >= 0.3 is 5.97 Å². The van der Waals surface area contributed by atoms with Crippen molar-refractivity contribution in [2.24, 2.45) is 5.92 Å².